The van der Waals surface area contributed by atoms with Crippen LogP contribution in [-0.4, -0.2) is 23.8 Å². The SMILES string of the molecule is CC(C)(CC1(O)CCNCC1)c1ccccc1. The summed E-state index contributed by atoms with van der Waals surface area (Å²) in [6, 6.07) is 10.5. The lowest BCUT2D eigenvalue weighted by Gasteiger charge is -2.39. The van der Waals surface area contributed by atoms with Crippen LogP contribution in [0.3, 0.4) is 0 Å². The molecular weight excluding hydrogens is 210 g/mol. The number of aliphatic hydroxyl groups is 1. The monoisotopic (exact) mass is 233 g/mol. The van der Waals surface area contributed by atoms with Gasteiger partial charge < -0.3 is 10.4 Å². The van der Waals surface area contributed by atoms with E-state index >= 15 is 0 Å². The lowest BCUT2D eigenvalue weighted by Crippen LogP contribution is -2.45. The van der Waals surface area contributed by atoms with E-state index in [-0.39, 0.29) is 5.41 Å². The molecular formula is C15H23NO. The summed E-state index contributed by atoms with van der Waals surface area (Å²) in [6.07, 6.45) is 2.57. The molecule has 0 atom stereocenters. The van der Waals surface area contributed by atoms with Crippen LogP contribution in [0.5, 0.6) is 0 Å². The molecule has 1 aromatic carbocycles. The average molecular weight is 233 g/mol. The number of rotatable bonds is 3. The smallest absolute Gasteiger partial charge is 0.0680 e. The molecule has 1 aliphatic heterocycles. The highest BCUT2D eigenvalue weighted by Gasteiger charge is 2.36. The molecule has 0 saturated carbocycles. The molecule has 0 radical (unpaired) electrons. The highest BCUT2D eigenvalue weighted by molar-refractivity contribution is 5.24. The summed E-state index contributed by atoms with van der Waals surface area (Å²) in [4.78, 5) is 0. The van der Waals surface area contributed by atoms with Crippen molar-refractivity contribution in [2.45, 2.75) is 44.1 Å². The Kier molecular flexibility index (Phi) is 3.55. The lowest BCUT2D eigenvalue weighted by molar-refractivity contribution is -0.0137. The number of benzene rings is 1. The highest BCUT2D eigenvalue weighted by atomic mass is 16.3. The minimum atomic E-state index is -0.495. The average Bonchev–Trinajstić information content (AvgIpc) is 2.30. The van der Waals surface area contributed by atoms with Crippen molar-refractivity contribution in [1.82, 2.24) is 5.32 Å². The molecule has 1 heterocycles. The molecule has 1 saturated heterocycles. The van der Waals surface area contributed by atoms with Gasteiger partial charge in [-0.25, -0.2) is 0 Å². The van der Waals surface area contributed by atoms with Crippen LogP contribution in [0.2, 0.25) is 0 Å². The van der Waals surface area contributed by atoms with Crippen LogP contribution in [0.4, 0.5) is 0 Å². The second kappa shape index (κ2) is 4.79. The molecule has 0 aliphatic carbocycles. The fraction of sp³-hybridized carbons (Fsp3) is 0.600. The Balaban J connectivity index is 2.11. The standard InChI is InChI=1S/C15H23NO/c1-14(2,13-6-4-3-5-7-13)12-15(17)8-10-16-11-9-15/h3-7,16-17H,8-12H2,1-2H3. The molecule has 0 amide bonds. The van der Waals surface area contributed by atoms with Gasteiger partial charge in [-0.2, -0.15) is 0 Å². The van der Waals surface area contributed by atoms with Crippen LogP contribution >= 0.6 is 0 Å². The maximum absolute atomic E-state index is 10.6. The van der Waals surface area contributed by atoms with Crippen molar-refractivity contribution in [3.63, 3.8) is 0 Å². The molecule has 0 aromatic heterocycles. The van der Waals surface area contributed by atoms with Crippen molar-refractivity contribution in [1.29, 1.82) is 0 Å². The number of hydrogen-bond donors (Lipinski definition) is 2. The van der Waals surface area contributed by atoms with Crippen LogP contribution in [0, 0.1) is 0 Å². The van der Waals surface area contributed by atoms with Crippen molar-refractivity contribution in [2.24, 2.45) is 0 Å². The van der Waals surface area contributed by atoms with Crippen LogP contribution in [0.1, 0.15) is 38.7 Å². The van der Waals surface area contributed by atoms with Gasteiger partial charge in [0.15, 0.2) is 0 Å². The normalized spacial score (nSPS) is 20.2. The van der Waals surface area contributed by atoms with E-state index in [0.717, 1.165) is 32.4 Å². The first-order valence-corrected chi connectivity index (χ1v) is 6.51. The van der Waals surface area contributed by atoms with Crippen LogP contribution in [0.15, 0.2) is 30.3 Å². The maximum atomic E-state index is 10.6. The predicted molar refractivity (Wildman–Crippen MR) is 71.1 cm³/mol. The fourth-order valence-electron chi connectivity index (χ4n) is 2.88. The van der Waals surface area contributed by atoms with E-state index in [4.69, 9.17) is 0 Å². The van der Waals surface area contributed by atoms with E-state index in [1.165, 1.54) is 5.56 Å². The van der Waals surface area contributed by atoms with Crippen molar-refractivity contribution >= 4 is 0 Å². The maximum Gasteiger partial charge on any atom is 0.0680 e. The van der Waals surface area contributed by atoms with Crippen molar-refractivity contribution < 1.29 is 5.11 Å². The van der Waals surface area contributed by atoms with E-state index in [9.17, 15) is 5.11 Å². The van der Waals surface area contributed by atoms with E-state index in [1.54, 1.807) is 0 Å². The summed E-state index contributed by atoms with van der Waals surface area (Å²) in [5.74, 6) is 0. The van der Waals surface area contributed by atoms with E-state index in [2.05, 4.69) is 43.4 Å². The minimum absolute atomic E-state index is 0.0351. The van der Waals surface area contributed by atoms with E-state index in [0.29, 0.717) is 0 Å². The van der Waals surface area contributed by atoms with Gasteiger partial charge in [0, 0.05) is 0 Å². The zero-order chi connectivity index (χ0) is 12.4. The van der Waals surface area contributed by atoms with E-state index < -0.39 is 5.60 Å². The van der Waals surface area contributed by atoms with E-state index in [1.807, 2.05) is 6.07 Å². The third kappa shape index (κ3) is 3.08. The summed E-state index contributed by atoms with van der Waals surface area (Å²) >= 11 is 0. The highest BCUT2D eigenvalue weighted by Crippen LogP contribution is 2.36. The topological polar surface area (TPSA) is 32.3 Å². The Morgan fingerprint density at radius 2 is 1.76 bits per heavy atom. The van der Waals surface area contributed by atoms with Crippen molar-refractivity contribution in [3.8, 4) is 0 Å². The first-order chi connectivity index (χ1) is 8.02. The Morgan fingerprint density at radius 1 is 1.18 bits per heavy atom. The van der Waals surface area contributed by atoms with Gasteiger partial charge in [0.05, 0.1) is 5.60 Å². The molecule has 1 aromatic rings. The van der Waals surface area contributed by atoms with Crippen LogP contribution in [0.25, 0.3) is 0 Å². The van der Waals surface area contributed by atoms with Gasteiger partial charge in [-0.15, -0.1) is 0 Å². The first kappa shape index (κ1) is 12.6. The number of nitrogens with one attached hydrogen (secondary N) is 1. The second-order valence-corrected chi connectivity index (χ2v) is 5.90. The minimum Gasteiger partial charge on any atom is -0.390 e. The Bertz CT molecular complexity index is 352. The first-order valence-electron chi connectivity index (χ1n) is 6.51. The molecule has 2 rings (SSSR count). The third-order valence-corrected chi connectivity index (χ3v) is 3.86. The zero-order valence-corrected chi connectivity index (χ0v) is 10.9. The Labute approximate surface area is 104 Å². The third-order valence-electron chi connectivity index (χ3n) is 3.86. The number of piperidine rings is 1. The lowest BCUT2D eigenvalue weighted by atomic mass is 9.72. The summed E-state index contributed by atoms with van der Waals surface area (Å²) in [5.41, 5.74) is 0.852. The largest absolute Gasteiger partial charge is 0.390 e. The van der Waals surface area contributed by atoms with Gasteiger partial charge in [-0.05, 0) is 43.3 Å². The van der Waals surface area contributed by atoms with Gasteiger partial charge in [-0.3, -0.25) is 0 Å². The molecule has 2 heteroatoms. The summed E-state index contributed by atoms with van der Waals surface area (Å²) < 4.78 is 0. The number of hydrogen-bond acceptors (Lipinski definition) is 2. The van der Waals surface area contributed by atoms with Crippen LogP contribution in [-0.2, 0) is 5.41 Å². The van der Waals surface area contributed by atoms with Gasteiger partial charge in [0.2, 0.25) is 0 Å². The molecule has 2 N–H and O–H groups in total. The Hall–Kier alpha value is -0.860. The molecule has 2 nitrogen and oxygen atoms in total. The van der Waals surface area contributed by atoms with Gasteiger partial charge >= 0.3 is 0 Å². The van der Waals surface area contributed by atoms with Gasteiger partial charge in [0.25, 0.3) is 0 Å². The molecule has 1 aliphatic rings. The summed E-state index contributed by atoms with van der Waals surface area (Å²) in [7, 11) is 0. The van der Waals surface area contributed by atoms with Gasteiger partial charge in [0.1, 0.15) is 0 Å². The fourth-order valence-corrected chi connectivity index (χ4v) is 2.88. The molecule has 0 spiro atoms. The summed E-state index contributed by atoms with van der Waals surface area (Å²) in [5, 5.41) is 13.9. The zero-order valence-electron chi connectivity index (χ0n) is 10.9. The molecule has 94 valence electrons. The molecule has 0 bridgehead atoms. The molecule has 17 heavy (non-hydrogen) atoms. The van der Waals surface area contributed by atoms with Gasteiger partial charge in [-0.1, -0.05) is 44.2 Å². The van der Waals surface area contributed by atoms with Crippen molar-refractivity contribution in [2.75, 3.05) is 13.1 Å². The second-order valence-electron chi connectivity index (χ2n) is 5.90. The molecule has 0 unspecified atom stereocenters. The predicted octanol–water partition coefficient (Wildman–Crippen LogP) is 2.47. The molecule has 1 fully saturated rings. The van der Waals surface area contributed by atoms with Crippen molar-refractivity contribution in [3.05, 3.63) is 35.9 Å². The Morgan fingerprint density at radius 3 is 2.35 bits per heavy atom. The van der Waals surface area contributed by atoms with Crippen LogP contribution < -0.4 is 5.32 Å². The summed E-state index contributed by atoms with van der Waals surface area (Å²) in [6.45, 7) is 6.31. The quantitative estimate of drug-likeness (QED) is 0.840.